The van der Waals surface area contributed by atoms with Crippen LogP contribution in [0.2, 0.25) is 0 Å². The van der Waals surface area contributed by atoms with Gasteiger partial charge in [-0.1, -0.05) is 0 Å². The minimum atomic E-state index is -0.807. The zero-order valence-electron chi connectivity index (χ0n) is 12.6. The van der Waals surface area contributed by atoms with Crippen LogP contribution >= 0.6 is 0 Å². The minimum Gasteiger partial charge on any atom is -0.376 e. The van der Waals surface area contributed by atoms with Crippen molar-refractivity contribution in [3.05, 3.63) is 29.8 Å². The van der Waals surface area contributed by atoms with Crippen LogP contribution in [-0.2, 0) is 14.3 Å². The Morgan fingerprint density at radius 1 is 1.39 bits per heavy atom. The average Bonchev–Trinajstić information content (AvgIpc) is 3.15. The number of anilines is 1. The molecule has 2 fully saturated rings. The number of hydrogen-bond acceptors (Lipinski definition) is 3. The molecule has 0 aromatic heterocycles. The van der Waals surface area contributed by atoms with Crippen molar-refractivity contribution in [1.29, 1.82) is 0 Å². The number of carbonyl (C=O) groups is 2. The van der Waals surface area contributed by atoms with E-state index in [1.807, 2.05) is 0 Å². The molecule has 0 saturated carbocycles. The first-order valence-electron chi connectivity index (χ1n) is 7.69. The van der Waals surface area contributed by atoms with E-state index in [-0.39, 0.29) is 36.6 Å². The summed E-state index contributed by atoms with van der Waals surface area (Å²) in [5.41, 5.74) is 0.00539. The summed E-state index contributed by atoms with van der Waals surface area (Å²) in [6, 6.07) is 3.04. The molecule has 2 amide bonds. The van der Waals surface area contributed by atoms with E-state index < -0.39 is 17.6 Å². The second kappa shape index (κ2) is 6.62. The molecule has 1 N–H and O–H groups in total. The molecule has 2 aliphatic heterocycles. The van der Waals surface area contributed by atoms with Crippen LogP contribution in [0.4, 0.5) is 14.5 Å². The van der Waals surface area contributed by atoms with Gasteiger partial charge in [0.25, 0.3) is 0 Å². The zero-order chi connectivity index (χ0) is 16.4. The molecule has 0 bridgehead atoms. The van der Waals surface area contributed by atoms with Crippen molar-refractivity contribution in [1.82, 2.24) is 5.32 Å². The summed E-state index contributed by atoms with van der Waals surface area (Å²) in [5.74, 6) is -2.62. The fraction of sp³-hybridized carbons (Fsp3) is 0.500. The van der Waals surface area contributed by atoms with Crippen molar-refractivity contribution in [2.24, 2.45) is 5.92 Å². The van der Waals surface area contributed by atoms with Gasteiger partial charge in [-0.3, -0.25) is 9.59 Å². The zero-order valence-corrected chi connectivity index (χ0v) is 12.6. The smallest absolute Gasteiger partial charge is 0.227 e. The summed E-state index contributed by atoms with van der Waals surface area (Å²) in [5, 5.41) is 2.79. The predicted octanol–water partition coefficient (Wildman–Crippen LogP) is 1.61. The van der Waals surface area contributed by atoms with E-state index in [1.54, 1.807) is 0 Å². The predicted molar refractivity (Wildman–Crippen MR) is 78.8 cm³/mol. The monoisotopic (exact) mass is 324 g/mol. The van der Waals surface area contributed by atoms with Crippen LogP contribution in [0.25, 0.3) is 0 Å². The lowest BCUT2D eigenvalue weighted by Gasteiger charge is -2.18. The van der Waals surface area contributed by atoms with Gasteiger partial charge < -0.3 is 15.0 Å². The van der Waals surface area contributed by atoms with Gasteiger partial charge in [0.2, 0.25) is 11.8 Å². The fourth-order valence-electron chi connectivity index (χ4n) is 2.98. The lowest BCUT2D eigenvalue weighted by atomic mass is 10.1. The lowest BCUT2D eigenvalue weighted by Crippen LogP contribution is -2.37. The van der Waals surface area contributed by atoms with E-state index in [0.29, 0.717) is 13.2 Å². The molecule has 3 rings (SSSR count). The number of carbonyl (C=O) groups excluding carboxylic acids is 2. The van der Waals surface area contributed by atoms with Crippen LogP contribution in [0.1, 0.15) is 19.3 Å². The van der Waals surface area contributed by atoms with Crippen LogP contribution in [0.3, 0.4) is 0 Å². The second-order valence-corrected chi connectivity index (χ2v) is 5.88. The Hall–Kier alpha value is -2.02. The molecule has 2 atom stereocenters. The third-order valence-corrected chi connectivity index (χ3v) is 4.22. The second-order valence-electron chi connectivity index (χ2n) is 5.88. The number of rotatable bonds is 4. The maximum atomic E-state index is 13.8. The average molecular weight is 324 g/mol. The standard InChI is InChI=1S/C16H18F2N2O3/c17-11-3-4-14(13(18)7-11)20-9-10(6-15(20)21)16(22)19-8-12-2-1-5-23-12/h3-4,7,10,12H,1-2,5-6,8-9H2,(H,19,22). The van der Waals surface area contributed by atoms with Crippen molar-refractivity contribution in [2.75, 3.05) is 24.6 Å². The van der Waals surface area contributed by atoms with Crippen molar-refractivity contribution in [2.45, 2.75) is 25.4 Å². The number of ether oxygens (including phenoxy) is 1. The van der Waals surface area contributed by atoms with Crippen LogP contribution < -0.4 is 10.2 Å². The molecule has 1 aromatic rings. The normalized spacial score (nSPS) is 24.3. The first-order chi connectivity index (χ1) is 11.0. The van der Waals surface area contributed by atoms with E-state index >= 15 is 0 Å². The van der Waals surface area contributed by atoms with E-state index in [9.17, 15) is 18.4 Å². The number of benzene rings is 1. The first-order valence-corrected chi connectivity index (χ1v) is 7.69. The molecule has 0 radical (unpaired) electrons. The van der Waals surface area contributed by atoms with Gasteiger partial charge in [0, 0.05) is 32.2 Å². The lowest BCUT2D eigenvalue weighted by molar-refractivity contribution is -0.126. The van der Waals surface area contributed by atoms with Gasteiger partial charge in [0.1, 0.15) is 11.6 Å². The third kappa shape index (κ3) is 3.50. The maximum Gasteiger partial charge on any atom is 0.227 e. The highest BCUT2D eigenvalue weighted by atomic mass is 19.1. The Balaban J connectivity index is 1.61. The summed E-state index contributed by atoms with van der Waals surface area (Å²) in [7, 11) is 0. The van der Waals surface area contributed by atoms with Crippen LogP contribution in [0.15, 0.2) is 18.2 Å². The molecule has 0 spiro atoms. The van der Waals surface area contributed by atoms with E-state index in [1.165, 1.54) is 11.0 Å². The number of amides is 2. The Morgan fingerprint density at radius 3 is 2.91 bits per heavy atom. The number of nitrogens with zero attached hydrogens (tertiary/aromatic N) is 1. The highest BCUT2D eigenvalue weighted by Crippen LogP contribution is 2.28. The molecular weight excluding hydrogens is 306 g/mol. The summed E-state index contributed by atoms with van der Waals surface area (Å²) in [6.45, 7) is 1.23. The van der Waals surface area contributed by atoms with Crippen molar-refractivity contribution in [3.63, 3.8) is 0 Å². The Morgan fingerprint density at radius 2 is 2.22 bits per heavy atom. The largest absolute Gasteiger partial charge is 0.376 e. The highest BCUT2D eigenvalue weighted by molar-refractivity contribution is 6.00. The number of nitrogens with one attached hydrogen (secondary N) is 1. The molecule has 2 unspecified atom stereocenters. The SMILES string of the molecule is O=C(NCC1CCCO1)C1CC(=O)N(c2ccc(F)cc2F)C1. The van der Waals surface area contributed by atoms with E-state index in [4.69, 9.17) is 4.74 Å². The molecule has 7 heteroatoms. The molecule has 2 aliphatic rings. The van der Waals surface area contributed by atoms with Gasteiger partial charge >= 0.3 is 0 Å². The van der Waals surface area contributed by atoms with Crippen LogP contribution in [0.5, 0.6) is 0 Å². The number of halogens is 2. The molecule has 2 saturated heterocycles. The summed E-state index contributed by atoms with van der Waals surface area (Å²) >= 11 is 0. The van der Waals surface area contributed by atoms with E-state index in [2.05, 4.69) is 5.32 Å². The van der Waals surface area contributed by atoms with Gasteiger partial charge in [-0.05, 0) is 25.0 Å². The van der Waals surface area contributed by atoms with Gasteiger partial charge in [0.05, 0.1) is 17.7 Å². The Labute approximate surface area is 132 Å². The quantitative estimate of drug-likeness (QED) is 0.915. The maximum absolute atomic E-state index is 13.8. The topological polar surface area (TPSA) is 58.6 Å². The van der Waals surface area contributed by atoms with Gasteiger partial charge in [-0.2, -0.15) is 0 Å². The molecule has 124 valence electrons. The molecule has 5 nitrogen and oxygen atoms in total. The van der Waals surface area contributed by atoms with Gasteiger partial charge in [0.15, 0.2) is 0 Å². The summed E-state index contributed by atoms with van der Waals surface area (Å²) < 4.78 is 32.2. The van der Waals surface area contributed by atoms with Crippen LogP contribution in [-0.4, -0.2) is 37.6 Å². The molecule has 23 heavy (non-hydrogen) atoms. The molecule has 0 aliphatic carbocycles. The van der Waals surface area contributed by atoms with E-state index in [0.717, 1.165) is 25.0 Å². The third-order valence-electron chi connectivity index (χ3n) is 4.22. The summed E-state index contributed by atoms with van der Waals surface area (Å²) in [4.78, 5) is 25.4. The molecular formula is C16H18F2N2O3. The van der Waals surface area contributed by atoms with Gasteiger partial charge in [-0.15, -0.1) is 0 Å². The summed E-state index contributed by atoms with van der Waals surface area (Å²) in [6.07, 6.45) is 1.95. The Kier molecular flexibility index (Phi) is 4.56. The molecule has 2 heterocycles. The van der Waals surface area contributed by atoms with Crippen molar-refractivity contribution < 1.29 is 23.1 Å². The van der Waals surface area contributed by atoms with Crippen LogP contribution in [0, 0.1) is 17.6 Å². The minimum absolute atomic E-state index is 0.00539. The first kappa shape index (κ1) is 15.9. The van der Waals surface area contributed by atoms with Crippen molar-refractivity contribution in [3.8, 4) is 0 Å². The number of hydrogen-bond donors (Lipinski definition) is 1. The molecule has 1 aromatic carbocycles. The van der Waals surface area contributed by atoms with Gasteiger partial charge in [-0.25, -0.2) is 8.78 Å². The fourth-order valence-corrected chi connectivity index (χ4v) is 2.98. The van der Waals surface area contributed by atoms with Crippen molar-refractivity contribution >= 4 is 17.5 Å². The Bertz CT molecular complexity index is 617. The highest BCUT2D eigenvalue weighted by Gasteiger charge is 2.36.